The molecule has 0 bridgehead atoms. The van der Waals surface area contributed by atoms with E-state index >= 15 is 0 Å². The highest BCUT2D eigenvalue weighted by Crippen LogP contribution is 2.08. The molecule has 1 aromatic heterocycles. The number of Topliss-reactive ketones (excluding diaryl/α,β-unsaturated/α-hetero) is 1. The lowest BCUT2D eigenvalue weighted by Gasteiger charge is -2.04. The number of fused-ring (bicyclic) bond motifs is 1. The number of nitrogens with one attached hydrogen (secondary N) is 1. The Balaban J connectivity index is 2.31. The van der Waals surface area contributed by atoms with Gasteiger partial charge >= 0.3 is 0 Å². The number of hydrogen-bond acceptors (Lipinski definition) is 3. The lowest BCUT2D eigenvalue weighted by Crippen LogP contribution is -2.19. The number of para-hydroxylation sites is 2. The van der Waals surface area contributed by atoms with E-state index in [0.717, 1.165) is 0 Å². The number of aromatic amines is 1. The van der Waals surface area contributed by atoms with Gasteiger partial charge in [-0.25, -0.2) is 4.98 Å². The van der Waals surface area contributed by atoms with E-state index in [4.69, 9.17) is 0 Å². The Bertz CT molecular complexity index is 629. The minimum Gasteiger partial charge on any atom is -0.319 e. The van der Waals surface area contributed by atoms with E-state index in [1.54, 1.807) is 6.07 Å². The van der Waals surface area contributed by atoms with Gasteiger partial charge in [-0.3, -0.25) is 9.59 Å². The fourth-order valence-corrected chi connectivity index (χ4v) is 1.90. The Morgan fingerprint density at radius 2 is 2.06 bits per heavy atom. The van der Waals surface area contributed by atoms with Crippen LogP contribution >= 0.6 is 0 Å². The number of nitrogens with zero attached hydrogens (tertiary/aromatic N) is 1. The zero-order valence-electron chi connectivity index (χ0n) is 10.6. The molecule has 18 heavy (non-hydrogen) atoms. The Labute approximate surface area is 105 Å². The highest BCUT2D eigenvalue weighted by molar-refractivity contribution is 5.81. The summed E-state index contributed by atoms with van der Waals surface area (Å²) in [5.74, 6) is 0.357. The van der Waals surface area contributed by atoms with Crippen molar-refractivity contribution in [1.82, 2.24) is 9.97 Å². The summed E-state index contributed by atoms with van der Waals surface area (Å²) in [5, 5.41) is 0. The number of benzene rings is 1. The largest absolute Gasteiger partial charge is 0.319 e. The molecule has 0 unspecified atom stereocenters. The summed E-state index contributed by atoms with van der Waals surface area (Å²) in [4.78, 5) is 30.5. The van der Waals surface area contributed by atoms with E-state index in [-0.39, 0.29) is 17.8 Å². The third-order valence-corrected chi connectivity index (χ3v) is 2.67. The number of hydrogen-bond donors (Lipinski definition) is 1. The molecule has 0 aliphatic rings. The molecular weight excluding hydrogens is 228 g/mol. The van der Waals surface area contributed by atoms with Gasteiger partial charge in [0.25, 0.3) is 5.56 Å². The van der Waals surface area contributed by atoms with E-state index in [1.807, 2.05) is 32.0 Å². The molecule has 0 saturated carbocycles. The van der Waals surface area contributed by atoms with Gasteiger partial charge in [-0.1, -0.05) is 26.0 Å². The monoisotopic (exact) mass is 244 g/mol. The van der Waals surface area contributed by atoms with Crippen molar-refractivity contribution in [3.05, 3.63) is 40.3 Å². The second-order valence-electron chi connectivity index (χ2n) is 4.84. The third kappa shape index (κ3) is 2.83. The number of aromatic nitrogens is 2. The first-order valence-corrected chi connectivity index (χ1v) is 6.06. The smallest absolute Gasteiger partial charge is 0.270 e. The summed E-state index contributed by atoms with van der Waals surface area (Å²) < 4.78 is 0. The Morgan fingerprint density at radius 3 is 2.78 bits per heavy atom. The molecule has 0 fully saturated rings. The van der Waals surface area contributed by atoms with Crippen molar-refractivity contribution in [2.24, 2.45) is 5.92 Å². The summed E-state index contributed by atoms with van der Waals surface area (Å²) >= 11 is 0. The third-order valence-electron chi connectivity index (χ3n) is 2.67. The minimum absolute atomic E-state index is 0.0540. The van der Waals surface area contributed by atoms with Gasteiger partial charge in [0, 0.05) is 6.42 Å². The van der Waals surface area contributed by atoms with Crippen LogP contribution in [0.25, 0.3) is 11.0 Å². The molecule has 1 N–H and O–H groups in total. The van der Waals surface area contributed by atoms with Crippen LogP contribution in [0, 0.1) is 5.92 Å². The van der Waals surface area contributed by atoms with Crippen LogP contribution in [0.2, 0.25) is 0 Å². The zero-order chi connectivity index (χ0) is 13.1. The molecule has 0 atom stereocenters. The van der Waals surface area contributed by atoms with Gasteiger partial charge < -0.3 is 4.98 Å². The van der Waals surface area contributed by atoms with E-state index < -0.39 is 0 Å². The van der Waals surface area contributed by atoms with Crippen LogP contribution < -0.4 is 5.56 Å². The first-order valence-electron chi connectivity index (χ1n) is 6.06. The molecule has 94 valence electrons. The maximum Gasteiger partial charge on any atom is 0.270 e. The van der Waals surface area contributed by atoms with Gasteiger partial charge in [-0.15, -0.1) is 0 Å². The summed E-state index contributed by atoms with van der Waals surface area (Å²) in [6, 6.07) is 7.31. The van der Waals surface area contributed by atoms with Crippen molar-refractivity contribution in [3.63, 3.8) is 0 Å². The second-order valence-corrected chi connectivity index (χ2v) is 4.84. The highest BCUT2D eigenvalue weighted by Gasteiger charge is 2.11. The molecule has 4 nitrogen and oxygen atoms in total. The van der Waals surface area contributed by atoms with Gasteiger partial charge in [-0.2, -0.15) is 0 Å². The normalized spacial score (nSPS) is 11.1. The molecule has 2 rings (SSSR count). The Kier molecular flexibility index (Phi) is 3.55. The van der Waals surface area contributed by atoms with Crippen LogP contribution in [-0.4, -0.2) is 15.8 Å². The maximum atomic E-state index is 11.8. The Morgan fingerprint density at radius 1 is 1.33 bits per heavy atom. The molecule has 2 aromatic rings. The van der Waals surface area contributed by atoms with Crippen molar-refractivity contribution < 1.29 is 4.79 Å². The lowest BCUT2D eigenvalue weighted by molar-refractivity contribution is -0.119. The number of carbonyl (C=O) groups is 1. The maximum absolute atomic E-state index is 11.8. The van der Waals surface area contributed by atoms with Gasteiger partial charge in [0.2, 0.25) is 0 Å². The van der Waals surface area contributed by atoms with Gasteiger partial charge in [0.05, 0.1) is 17.5 Å². The molecule has 4 heteroatoms. The molecule has 0 spiro atoms. The number of H-pyrrole nitrogens is 1. The predicted molar refractivity (Wildman–Crippen MR) is 70.5 cm³/mol. The lowest BCUT2D eigenvalue weighted by atomic mass is 10.0. The topological polar surface area (TPSA) is 62.8 Å². The average molecular weight is 244 g/mol. The van der Waals surface area contributed by atoms with Crippen molar-refractivity contribution in [2.45, 2.75) is 26.7 Å². The van der Waals surface area contributed by atoms with E-state index in [0.29, 0.717) is 29.1 Å². The summed E-state index contributed by atoms with van der Waals surface area (Å²) in [6.07, 6.45) is 0.590. The summed E-state index contributed by atoms with van der Waals surface area (Å²) in [5.41, 5.74) is 1.44. The van der Waals surface area contributed by atoms with Crippen LogP contribution in [0.3, 0.4) is 0 Å². The Hall–Kier alpha value is -1.97. The van der Waals surface area contributed by atoms with E-state index in [1.165, 1.54) is 0 Å². The first-order chi connectivity index (χ1) is 8.56. The number of rotatable bonds is 4. The predicted octanol–water partition coefficient (Wildman–Crippen LogP) is 2.08. The zero-order valence-corrected chi connectivity index (χ0v) is 10.6. The van der Waals surface area contributed by atoms with Crippen LogP contribution in [0.4, 0.5) is 0 Å². The molecule has 0 aliphatic heterocycles. The molecule has 0 amide bonds. The van der Waals surface area contributed by atoms with Gasteiger partial charge in [0.15, 0.2) is 0 Å². The first kappa shape index (κ1) is 12.5. The molecule has 0 saturated heterocycles. The van der Waals surface area contributed by atoms with Crippen molar-refractivity contribution in [3.8, 4) is 0 Å². The highest BCUT2D eigenvalue weighted by atomic mass is 16.1. The molecular formula is C14H16N2O2. The standard InChI is InChI=1S/C14H16N2O2/c1-9(2)7-10(17)8-13-14(18)16-12-6-4-3-5-11(12)15-13/h3-6,9H,7-8H2,1-2H3,(H,16,18). The SMILES string of the molecule is CC(C)CC(=O)Cc1nc2ccccc2[nH]c1=O. The van der Waals surface area contributed by atoms with E-state index in [9.17, 15) is 9.59 Å². The van der Waals surface area contributed by atoms with Crippen molar-refractivity contribution >= 4 is 16.8 Å². The minimum atomic E-state index is -0.272. The van der Waals surface area contributed by atoms with Gasteiger partial charge in [-0.05, 0) is 18.1 Å². The molecule has 1 heterocycles. The van der Waals surface area contributed by atoms with Crippen molar-refractivity contribution in [1.29, 1.82) is 0 Å². The van der Waals surface area contributed by atoms with Crippen LogP contribution in [0.15, 0.2) is 29.1 Å². The second kappa shape index (κ2) is 5.12. The molecule has 0 aliphatic carbocycles. The van der Waals surface area contributed by atoms with Crippen LogP contribution in [0.5, 0.6) is 0 Å². The molecule has 0 radical (unpaired) electrons. The molecule has 1 aromatic carbocycles. The van der Waals surface area contributed by atoms with Crippen LogP contribution in [0.1, 0.15) is 26.0 Å². The van der Waals surface area contributed by atoms with Crippen LogP contribution in [-0.2, 0) is 11.2 Å². The van der Waals surface area contributed by atoms with Crippen molar-refractivity contribution in [2.75, 3.05) is 0 Å². The number of ketones is 1. The average Bonchev–Trinajstić information content (AvgIpc) is 2.29. The summed E-state index contributed by atoms with van der Waals surface area (Å²) in [6.45, 7) is 3.96. The summed E-state index contributed by atoms with van der Waals surface area (Å²) in [7, 11) is 0. The van der Waals surface area contributed by atoms with Gasteiger partial charge in [0.1, 0.15) is 11.5 Å². The van der Waals surface area contributed by atoms with E-state index in [2.05, 4.69) is 9.97 Å². The fraction of sp³-hybridized carbons (Fsp3) is 0.357. The quantitative estimate of drug-likeness (QED) is 0.895. The number of carbonyl (C=O) groups excluding carboxylic acids is 1. The fourth-order valence-electron chi connectivity index (χ4n) is 1.90.